The molecule has 3 unspecified atom stereocenters. The largest absolute Gasteiger partial charge is 0.490 e. The molecule has 3 atom stereocenters. The maximum Gasteiger partial charge on any atom is 0.130 e. The van der Waals surface area contributed by atoms with Crippen molar-refractivity contribution in [3.63, 3.8) is 0 Å². The van der Waals surface area contributed by atoms with Crippen LogP contribution in [-0.4, -0.2) is 90.0 Å². The summed E-state index contributed by atoms with van der Waals surface area (Å²) in [5.74, 6) is 6.18. The number of aryl methyl sites for hydroxylation is 2. The maximum absolute atomic E-state index is 9.69. The van der Waals surface area contributed by atoms with Crippen LogP contribution in [0.25, 0.3) is 0 Å². The van der Waals surface area contributed by atoms with Gasteiger partial charge in [0.25, 0.3) is 0 Å². The van der Waals surface area contributed by atoms with Crippen molar-refractivity contribution in [2.45, 2.75) is 196 Å². The Balaban J connectivity index is -0.00000121. The second-order valence-corrected chi connectivity index (χ2v) is 21.6. The highest BCUT2D eigenvalue weighted by Gasteiger charge is 2.23. The monoisotopic (exact) mass is 1240 g/mol. The zero-order valence-corrected chi connectivity index (χ0v) is 52.4. The van der Waals surface area contributed by atoms with E-state index in [0.29, 0.717) is 101 Å². The molecule has 0 aliphatic carbocycles. The Morgan fingerprint density at radius 2 is 0.663 bits per heavy atom. The molecule has 6 aromatic carbocycles. The Morgan fingerprint density at radius 3 is 0.933 bits per heavy atom. The summed E-state index contributed by atoms with van der Waals surface area (Å²) in [7, 11) is 6.76. The molecule has 13 heteroatoms. The molecular formula is C76H122O13. The molecule has 0 aromatic heterocycles. The summed E-state index contributed by atoms with van der Waals surface area (Å²) in [6, 6.07) is 36.6. The first kappa shape index (κ1) is 87.0. The minimum atomic E-state index is -0.223. The van der Waals surface area contributed by atoms with Gasteiger partial charge in [0, 0.05) is 67.2 Å². The molecule has 0 aliphatic heterocycles. The van der Waals surface area contributed by atoms with Crippen molar-refractivity contribution in [1.29, 1.82) is 0 Å². The van der Waals surface area contributed by atoms with Crippen LogP contribution in [0.5, 0.6) is 34.5 Å². The summed E-state index contributed by atoms with van der Waals surface area (Å²) in [5, 5.41) is 28.7. The van der Waals surface area contributed by atoms with Crippen molar-refractivity contribution in [1.82, 2.24) is 0 Å². The Morgan fingerprint density at radius 1 is 0.382 bits per heavy atom. The summed E-state index contributed by atoms with van der Waals surface area (Å²) >= 11 is 0. The highest BCUT2D eigenvalue weighted by molar-refractivity contribution is 5.47. The van der Waals surface area contributed by atoms with Crippen molar-refractivity contribution in [3.8, 4) is 34.5 Å². The van der Waals surface area contributed by atoms with Crippen LogP contribution in [0.15, 0.2) is 109 Å². The fourth-order valence-corrected chi connectivity index (χ4v) is 9.34. The number of benzene rings is 6. The molecule has 6 aromatic rings. The van der Waals surface area contributed by atoms with Gasteiger partial charge in [-0.25, -0.2) is 0 Å². The highest BCUT2D eigenvalue weighted by atomic mass is 16.5. The average Bonchev–Trinajstić information content (AvgIpc) is 1.53. The molecule has 504 valence electrons. The minimum absolute atomic E-state index is 0. The summed E-state index contributed by atoms with van der Waals surface area (Å²) in [5.41, 5.74) is 12.4. The fraction of sp³-hybridized carbons (Fsp3) is 0.526. The lowest BCUT2D eigenvalue weighted by atomic mass is 9.81. The first-order valence-corrected chi connectivity index (χ1v) is 29.3. The van der Waals surface area contributed by atoms with Crippen molar-refractivity contribution in [2.24, 2.45) is 0 Å². The number of ether oxygens (including phenoxy) is 10. The summed E-state index contributed by atoms with van der Waals surface area (Å²) in [6.07, 6.45) is 3.13. The van der Waals surface area contributed by atoms with Gasteiger partial charge in [-0.1, -0.05) is 172 Å². The van der Waals surface area contributed by atoms with E-state index in [1.54, 1.807) is 28.4 Å². The third-order valence-corrected chi connectivity index (χ3v) is 14.8. The molecular weight excluding hydrogens is 1120 g/mol. The van der Waals surface area contributed by atoms with E-state index >= 15 is 0 Å². The number of hydrogen-bond donors (Lipinski definition) is 3. The summed E-state index contributed by atoms with van der Waals surface area (Å²) in [6.45, 7) is 25.7. The zero-order valence-electron chi connectivity index (χ0n) is 52.4. The van der Waals surface area contributed by atoms with Gasteiger partial charge in [0.15, 0.2) is 0 Å². The van der Waals surface area contributed by atoms with E-state index in [4.69, 9.17) is 47.4 Å². The summed E-state index contributed by atoms with van der Waals surface area (Å²) < 4.78 is 56.8. The summed E-state index contributed by atoms with van der Waals surface area (Å²) in [4.78, 5) is 0. The smallest absolute Gasteiger partial charge is 0.130 e. The van der Waals surface area contributed by atoms with E-state index in [1.165, 1.54) is 22.3 Å². The molecule has 0 saturated carbocycles. The third kappa shape index (κ3) is 27.9. The van der Waals surface area contributed by atoms with Gasteiger partial charge in [0.1, 0.15) is 74.1 Å². The zero-order chi connectivity index (χ0) is 60.7. The quantitative estimate of drug-likeness (QED) is 0.0335. The van der Waals surface area contributed by atoms with Gasteiger partial charge in [-0.2, -0.15) is 0 Å². The Kier molecular flexibility index (Phi) is 45.8. The van der Waals surface area contributed by atoms with Crippen molar-refractivity contribution < 1.29 is 62.7 Å². The van der Waals surface area contributed by atoms with E-state index in [2.05, 4.69) is 111 Å². The van der Waals surface area contributed by atoms with Crippen LogP contribution in [0.3, 0.4) is 0 Å². The predicted molar refractivity (Wildman–Crippen MR) is 372 cm³/mol. The predicted octanol–water partition coefficient (Wildman–Crippen LogP) is 18.2. The second kappa shape index (κ2) is 46.9. The first-order valence-electron chi connectivity index (χ1n) is 29.3. The molecule has 13 nitrogen and oxygen atoms in total. The number of rotatable bonds is 33. The van der Waals surface area contributed by atoms with Gasteiger partial charge in [0.05, 0.1) is 46.2 Å². The van der Waals surface area contributed by atoms with E-state index in [1.807, 2.05) is 67.6 Å². The molecule has 89 heavy (non-hydrogen) atoms. The van der Waals surface area contributed by atoms with E-state index in [9.17, 15) is 15.3 Å². The molecule has 0 bridgehead atoms. The lowest BCUT2D eigenvalue weighted by Gasteiger charge is -2.26. The molecule has 0 fully saturated rings. The van der Waals surface area contributed by atoms with E-state index in [0.717, 1.165) is 81.4 Å². The van der Waals surface area contributed by atoms with Gasteiger partial charge < -0.3 is 62.7 Å². The lowest BCUT2D eigenvalue weighted by Crippen LogP contribution is -2.25. The van der Waals surface area contributed by atoms with Crippen LogP contribution in [0.2, 0.25) is 0 Å². The van der Waals surface area contributed by atoms with Crippen LogP contribution in [0, 0.1) is 13.8 Å². The molecule has 0 saturated heterocycles. The van der Waals surface area contributed by atoms with Gasteiger partial charge in [-0.15, -0.1) is 0 Å². The molecule has 0 heterocycles. The van der Waals surface area contributed by atoms with Crippen LogP contribution in [0.4, 0.5) is 0 Å². The lowest BCUT2D eigenvalue weighted by molar-refractivity contribution is 0.163. The van der Waals surface area contributed by atoms with Gasteiger partial charge in [-0.05, 0) is 122 Å². The second-order valence-electron chi connectivity index (χ2n) is 21.6. The number of methoxy groups -OCH3 is 4. The van der Waals surface area contributed by atoms with E-state index in [-0.39, 0.29) is 69.8 Å². The Hall–Kier alpha value is -6.16. The van der Waals surface area contributed by atoms with Gasteiger partial charge in [-0.3, -0.25) is 0 Å². The first-order chi connectivity index (χ1) is 40.0. The van der Waals surface area contributed by atoms with Gasteiger partial charge >= 0.3 is 0 Å². The van der Waals surface area contributed by atoms with Gasteiger partial charge in [0.2, 0.25) is 0 Å². The fourth-order valence-electron chi connectivity index (χ4n) is 9.34. The molecule has 0 amide bonds. The maximum atomic E-state index is 9.69. The van der Waals surface area contributed by atoms with E-state index < -0.39 is 0 Å². The normalized spacial score (nSPS) is 11.7. The van der Waals surface area contributed by atoms with Crippen LogP contribution in [0.1, 0.15) is 204 Å². The van der Waals surface area contributed by atoms with Crippen LogP contribution < -0.4 is 28.4 Å². The number of hydrogen-bond acceptors (Lipinski definition) is 13. The molecule has 0 spiro atoms. The van der Waals surface area contributed by atoms with Crippen molar-refractivity contribution >= 4 is 0 Å². The minimum Gasteiger partial charge on any atom is -0.490 e. The Bertz CT molecular complexity index is 2670. The molecule has 6 rings (SSSR count). The highest BCUT2D eigenvalue weighted by Crippen LogP contribution is 2.33. The molecule has 0 radical (unpaired) electrons. The average molecular weight is 1240 g/mol. The molecule has 3 N–H and O–H groups in total. The van der Waals surface area contributed by atoms with Crippen LogP contribution in [-0.2, 0) is 64.0 Å². The number of aliphatic hydroxyl groups excluding tert-OH is 3. The topological polar surface area (TPSA) is 153 Å². The van der Waals surface area contributed by atoms with Crippen molar-refractivity contribution in [3.05, 3.63) is 176 Å². The van der Waals surface area contributed by atoms with Crippen LogP contribution >= 0.6 is 0 Å². The SMILES string of the molecule is C.C.C.C.C.C.CCC(C)(CO)c1ccc(OCCOc2c(COC)cc(C(C)C)cc2COC)cc1.CCC(C)c1ccc(OCCOc2c(CO)cc(C)cc2CO)cc1.CCC(C)c1ccc(OCCOc2c(COC)cc(C)cc2COC)cc1. The third-order valence-electron chi connectivity index (χ3n) is 14.8. The Labute approximate surface area is 541 Å². The van der Waals surface area contributed by atoms with Crippen molar-refractivity contribution in [2.75, 3.05) is 74.7 Å². The molecule has 0 aliphatic rings. The number of aliphatic hydroxyl groups is 3. The standard InChI is InChI=1S/C26H38O5.C23H32O4.C21H28O4.6CH4/c1-7-26(4,18-27)23-8-10-24(11-9-23)30-12-13-31-25-21(16-28-5)14-20(19(2)3)15-22(25)17-29-6;1-6-18(3)19-7-9-22(10-8-19)26-11-12-27-23-20(15-24-4)13-17(2)14-21(23)16-25-5;1-4-16(3)17-5-7-20(8-6-17)24-9-10-25-21-18(13-22)11-15(2)12-19(21)14-23;;;;;;/h8-11,14-15,19,27H,7,12-13,16-18H2,1-6H3;7-10,13-14,18H,6,11-12,15-16H2,1-5H3;5-8,11-12,16,22-23H,4,9-10,13-14H2,1-3H3;6*1H4.